The third-order valence-corrected chi connectivity index (χ3v) is 13.0. The zero-order valence-corrected chi connectivity index (χ0v) is 48.2. The molecule has 0 unspecified atom stereocenters. The standard InChI is InChI=1S/C22H23IN2O2.C18H17NO2.C5H10I2.CH2O3.2K.H/c1-15-11-18-19(13-21(15)27-10-6-2-5-9-23)24-14-17-12-16-7-3-4-8-20(16)25(17)22(18)26;1-11-8-15-12(10-17(11)20)6-7-14-9-13-4-2-3-5-16(13)19(14)18(15)21;6-4-2-1-3-5-7;2-1-4-3;;;/h3-4,7-8,11,13-14,17H,2,5-6,9-10,12H2,1H3;2-5,8,10,14,20H,6-7,9H2,1H3;1-5H2;1,3H;;;/q;;;;2*+1;-1/p-1/t17-;14-;;;;;/m01...../s1. The average molecular weight is 1220 g/mol. The molecule has 2 amide bonds. The predicted octanol–water partition coefficient (Wildman–Crippen LogP) is 4.07. The SMILES string of the molecule is Cc1cc2c(cc1O)CC[C@@H]1Cc3ccccc3N1C2=O.Cc1cc2c(cc1OCCCCCI)N=C[C@@H]1Cc3ccccc3N1C2=O.ICCCCCI.O=CO[O-].[H-].[K+].[K+]. The Balaban J connectivity index is 0.000000337. The van der Waals surface area contributed by atoms with Crippen LogP contribution in [-0.2, 0) is 28.9 Å². The molecule has 4 heterocycles. The molecule has 10 nitrogen and oxygen atoms in total. The number of hydrogen-bond acceptors (Lipinski definition) is 8. The third-order valence-electron chi connectivity index (χ3n) is 10.7. The van der Waals surface area contributed by atoms with Crippen LogP contribution in [0.3, 0.4) is 0 Å². The molecule has 0 bridgehead atoms. The first-order chi connectivity index (χ1) is 28.7. The Labute approximate surface area is 487 Å². The molecule has 8 rings (SSSR count). The summed E-state index contributed by atoms with van der Waals surface area (Å²) in [6, 6.07) is 24.0. The van der Waals surface area contributed by atoms with Gasteiger partial charge in [-0.05, 0) is 137 Å². The number of ether oxygens (including phenoxy) is 1. The Bertz CT molecular complexity index is 2110. The summed E-state index contributed by atoms with van der Waals surface area (Å²) in [5, 5.41) is 18.3. The Hall–Kier alpha value is -0.0173. The third kappa shape index (κ3) is 15.0. The number of aliphatic imine (C=N–C) groups is 1. The van der Waals surface area contributed by atoms with E-state index in [1.165, 1.54) is 56.5 Å². The molecule has 4 aromatic rings. The van der Waals surface area contributed by atoms with Crippen molar-refractivity contribution in [2.45, 2.75) is 90.1 Å². The van der Waals surface area contributed by atoms with Crippen molar-refractivity contribution < 1.29 is 139 Å². The first kappa shape index (κ1) is 55.3. The number of rotatable bonds is 11. The second-order valence-electron chi connectivity index (χ2n) is 14.7. The molecule has 0 aliphatic carbocycles. The Morgan fingerprint density at radius 2 is 1.33 bits per heavy atom. The van der Waals surface area contributed by atoms with Crippen molar-refractivity contribution in [1.29, 1.82) is 0 Å². The van der Waals surface area contributed by atoms with E-state index in [1.54, 1.807) is 6.07 Å². The largest absolute Gasteiger partial charge is 1.00 e. The van der Waals surface area contributed by atoms with Gasteiger partial charge >= 0.3 is 103 Å². The minimum atomic E-state index is -0.181. The number of nitrogens with zero attached hydrogens (tertiary/aromatic N) is 3. The van der Waals surface area contributed by atoms with E-state index < -0.39 is 0 Å². The van der Waals surface area contributed by atoms with E-state index in [2.05, 4.69) is 89.8 Å². The predicted molar refractivity (Wildman–Crippen MR) is 260 cm³/mol. The van der Waals surface area contributed by atoms with E-state index in [0.717, 1.165) is 71.5 Å². The second-order valence-corrected chi connectivity index (χ2v) is 18.0. The fourth-order valence-electron chi connectivity index (χ4n) is 7.69. The molecule has 0 saturated heterocycles. The molecule has 0 aromatic heterocycles. The van der Waals surface area contributed by atoms with Crippen molar-refractivity contribution in [1.82, 2.24) is 0 Å². The molecule has 0 spiro atoms. The fourth-order valence-corrected chi connectivity index (χ4v) is 9.30. The molecule has 316 valence electrons. The number of anilines is 2. The number of hydrogen-bond donors (Lipinski definition) is 1. The Kier molecular flexibility index (Phi) is 26.2. The minimum absolute atomic E-state index is 0. The van der Waals surface area contributed by atoms with Gasteiger partial charge in [-0.2, -0.15) is 0 Å². The summed E-state index contributed by atoms with van der Waals surface area (Å²) in [5.41, 5.74) is 9.32. The number of fused-ring (bicyclic) bond motifs is 8. The van der Waals surface area contributed by atoms with Crippen LogP contribution in [0.15, 0.2) is 77.8 Å². The minimum Gasteiger partial charge on any atom is -1.00 e. The van der Waals surface area contributed by atoms with Gasteiger partial charge in [-0.15, -0.1) is 0 Å². The van der Waals surface area contributed by atoms with Crippen LogP contribution in [0.25, 0.3) is 0 Å². The van der Waals surface area contributed by atoms with Gasteiger partial charge in [-0.3, -0.25) is 24.3 Å². The number of aromatic hydroxyl groups is 1. The number of benzene rings is 4. The summed E-state index contributed by atoms with van der Waals surface area (Å²) in [6.45, 7) is 4.36. The summed E-state index contributed by atoms with van der Waals surface area (Å²) in [7, 11) is 0. The number of aryl methyl sites for hydroxylation is 3. The van der Waals surface area contributed by atoms with Gasteiger partial charge in [0.2, 0.25) is 0 Å². The van der Waals surface area contributed by atoms with Gasteiger partial charge in [0, 0.05) is 41.7 Å². The molecular weight excluding hydrogens is 1170 g/mol. The monoisotopic (exact) mass is 1220 g/mol. The van der Waals surface area contributed by atoms with Crippen molar-refractivity contribution in [2.24, 2.45) is 4.99 Å². The number of halogens is 3. The van der Waals surface area contributed by atoms with Gasteiger partial charge in [0.25, 0.3) is 18.3 Å². The van der Waals surface area contributed by atoms with Gasteiger partial charge in [0.1, 0.15) is 11.5 Å². The molecule has 0 saturated carbocycles. The van der Waals surface area contributed by atoms with Gasteiger partial charge in [-0.25, -0.2) is 0 Å². The number of carbonyl (C=O) groups is 3. The van der Waals surface area contributed by atoms with E-state index >= 15 is 0 Å². The summed E-state index contributed by atoms with van der Waals surface area (Å²) < 4.78 is 9.82. The van der Waals surface area contributed by atoms with E-state index in [9.17, 15) is 14.7 Å². The number of alkyl halides is 3. The van der Waals surface area contributed by atoms with E-state index in [-0.39, 0.29) is 140 Å². The number of phenols is 1. The molecule has 0 fully saturated rings. The van der Waals surface area contributed by atoms with Crippen molar-refractivity contribution in [2.75, 3.05) is 29.7 Å². The maximum absolute atomic E-state index is 13.3. The Morgan fingerprint density at radius 1 is 0.770 bits per heavy atom. The van der Waals surface area contributed by atoms with Crippen LogP contribution in [0.4, 0.5) is 17.1 Å². The van der Waals surface area contributed by atoms with Gasteiger partial charge in [-0.1, -0.05) is 111 Å². The summed E-state index contributed by atoms with van der Waals surface area (Å²) in [6.07, 6.45) is 13.1. The van der Waals surface area contributed by atoms with Crippen molar-refractivity contribution in [3.8, 4) is 11.5 Å². The summed E-state index contributed by atoms with van der Waals surface area (Å²) >= 11 is 7.25. The first-order valence-electron chi connectivity index (χ1n) is 20.0. The molecule has 15 heteroatoms. The van der Waals surface area contributed by atoms with E-state index in [4.69, 9.17) is 14.8 Å². The smallest absolute Gasteiger partial charge is 1.00 e. The molecule has 4 aliphatic heterocycles. The maximum atomic E-state index is 13.3. The van der Waals surface area contributed by atoms with E-state index in [1.807, 2.05) is 84.5 Å². The normalized spacial score (nSPS) is 15.9. The van der Waals surface area contributed by atoms with Crippen molar-refractivity contribution in [3.05, 3.63) is 112 Å². The Morgan fingerprint density at radius 3 is 1.95 bits per heavy atom. The quantitative estimate of drug-likeness (QED) is 0.0456. The molecular formula is C46H52I3K2N3O7. The van der Waals surface area contributed by atoms with E-state index in [0.29, 0.717) is 17.9 Å². The number of amides is 2. The zero-order chi connectivity index (χ0) is 42.3. The molecule has 4 aromatic carbocycles. The number of unbranched alkanes of at least 4 members (excludes halogenated alkanes) is 4. The second kappa shape index (κ2) is 28.9. The molecule has 0 radical (unpaired) electrons. The van der Waals surface area contributed by atoms with Crippen LogP contribution in [0.2, 0.25) is 0 Å². The van der Waals surface area contributed by atoms with Crippen LogP contribution in [0.1, 0.15) is 94.9 Å². The average Bonchev–Trinajstić information content (AvgIpc) is 3.74. The number of para-hydroxylation sites is 2. The summed E-state index contributed by atoms with van der Waals surface area (Å²) in [4.78, 5) is 46.0. The van der Waals surface area contributed by atoms with Crippen LogP contribution in [0.5, 0.6) is 11.5 Å². The molecule has 4 aliphatic rings. The zero-order valence-electron chi connectivity index (χ0n) is 36.5. The van der Waals surface area contributed by atoms with Gasteiger partial charge in [0.05, 0.1) is 23.9 Å². The van der Waals surface area contributed by atoms with Crippen molar-refractivity contribution >= 4 is 109 Å². The van der Waals surface area contributed by atoms with Crippen LogP contribution in [0, 0.1) is 13.8 Å². The van der Waals surface area contributed by atoms with Gasteiger partial charge < -0.3 is 26.3 Å². The molecule has 2 atom stereocenters. The fraction of sp³-hybridized carbons (Fsp3) is 0.391. The number of phenolic OH excluding ortho intramolecular Hbond substituents is 1. The van der Waals surface area contributed by atoms with Crippen LogP contribution < -0.4 is 123 Å². The maximum Gasteiger partial charge on any atom is 1.00 e. The van der Waals surface area contributed by atoms with Crippen LogP contribution in [-0.4, -0.2) is 61.6 Å². The first-order valence-corrected chi connectivity index (χ1v) is 24.6. The molecule has 61 heavy (non-hydrogen) atoms. The summed E-state index contributed by atoms with van der Waals surface area (Å²) in [5.74, 6) is 1.20. The molecule has 1 N–H and O–H groups in total. The van der Waals surface area contributed by atoms with Crippen LogP contribution >= 0.6 is 67.8 Å². The number of carbonyl (C=O) groups excluding carboxylic acids is 3. The topological polar surface area (TPSA) is 132 Å². The van der Waals surface area contributed by atoms with Crippen molar-refractivity contribution in [3.63, 3.8) is 0 Å². The van der Waals surface area contributed by atoms with Gasteiger partial charge in [0.15, 0.2) is 0 Å².